The summed E-state index contributed by atoms with van der Waals surface area (Å²) in [5, 5.41) is 0. The SMILES string of the molecule is CCCN(C)C(CC)CCC(C)C. The van der Waals surface area contributed by atoms with E-state index in [0.29, 0.717) is 0 Å². The zero-order chi connectivity index (χ0) is 10.3. The molecule has 0 aliphatic heterocycles. The van der Waals surface area contributed by atoms with Crippen molar-refractivity contribution in [1.82, 2.24) is 4.90 Å². The van der Waals surface area contributed by atoms with Crippen LogP contribution in [0, 0.1) is 5.92 Å². The van der Waals surface area contributed by atoms with Gasteiger partial charge >= 0.3 is 0 Å². The normalized spacial score (nSPS) is 14.1. The molecular formula is C12H27N. The van der Waals surface area contributed by atoms with Gasteiger partial charge in [0.1, 0.15) is 0 Å². The van der Waals surface area contributed by atoms with E-state index in [-0.39, 0.29) is 0 Å². The van der Waals surface area contributed by atoms with E-state index in [1.165, 1.54) is 32.2 Å². The van der Waals surface area contributed by atoms with Gasteiger partial charge in [-0.2, -0.15) is 0 Å². The standard InChI is InChI=1S/C12H27N/c1-6-10-13(5)12(7-2)9-8-11(3)4/h11-12H,6-10H2,1-5H3. The highest BCUT2D eigenvalue weighted by Gasteiger charge is 2.11. The van der Waals surface area contributed by atoms with Crippen LogP contribution in [0.25, 0.3) is 0 Å². The minimum absolute atomic E-state index is 0.808. The van der Waals surface area contributed by atoms with Crippen molar-refractivity contribution >= 4 is 0 Å². The van der Waals surface area contributed by atoms with Gasteiger partial charge in [-0.15, -0.1) is 0 Å². The van der Waals surface area contributed by atoms with Crippen LogP contribution < -0.4 is 0 Å². The smallest absolute Gasteiger partial charge is 0.00896 e. The lowest BCUT2D eigenvalue weighted by Gasteiger charge is -2.27. The molecule has 0 fully saturated rings. The second-order valence-electron chi connectivity index (χ2n) is 4.51. The van der Waals surface area contributed by atoms with Gasteiger partial charge in [0.05, 0.1) is 0 Å². The molecule has 80 valence electrons. The average molecular weight is 185 g/mol. The van der Waals surface area contributed by atoms with Crippen LogP contribution in [-0.4, -0.2) is 24.5 Å². The first-order valence-corrected chi connectivity index (χ1v) is 5.82. The Hall–Kier alpha value is -0.0400. The van der Waals surface area contributed by atoms with Crippen LogP contribution in [0.3, 0.4) is 0 Å². The molecule has 0 aliphatic carbocycles. The predicted octanol–water partition coefficient (Wildman–Crippen LogP) is 3.54. The minimum Gasteiger partial charge on any atom is -0.303 e. The van der Waals surface area contributed by atoms with Crippen LogP contribution in [0.4, 0.5) is 0 Å². The van der Waals surface area contributed by atoms with Crippen LogP contribution in [0.15, 0.2) is 0 Å². The molecule has 1 heteroatoms. The van der Waals surface area contributed by atoms with Gasteiger partial charge in [-0.25, -0.2) is 0 Å². The van der Waals surface area contributed by atoms with Crippen molar-refractivity contribution in [2.24, 2.45) is 5.92 Å². The Balaban J connectivity index is 3.73. The molecule has 1 nitrogen and oxygen atoms in total. The predicted molar refractivity (Wildman–Crippen MR) is 61.1 cm³/mol. The summed E-state index contributed by atoms with van der Waals surface area (Å²) in [6.45, 7) is 10.4. The summed E-state index contributed by atoms with van der Waals surface area (Å²) in [4.78, 5) is 2.52. The Morgan fingerprint density at radius 3 is 2.08 bits per heavy atom. The van der Waals surface area contributed by atoms with E-state index in [1.807, 2.05) is 0 Å². The molecule has 0 aliphatic rings. The second kappa shape index (κ2) is 7.37. The molecule has 0 saturated heterocycles. The summed E-state index contributed by atoms with van der Waals surface area (Å²) >= 11 is 0. The molecule has 13 heavy (non-hydrogen) atoms. The molecule has 0 radical (unpaired) electrons. The van der Waals surface area contributed by atoms with Gasteiger partial charge in [0.2, 0.25) is 0 Å². The molecule has 0 aromatic rings. The van der Waals surface area contributed by atoms with Gasteiger partial charge in [0, 0.05) is 6.04 Å². The Bertz CT molecular complexity index is 110. The lowest BCUT2D eigenvalue weighted by molar-refractivity contribution is 0.215. The minimum atomic E-state index is 0.808. The van der Waals surface area contributed by atoms with E-state index in [2.05, 4.69) is 39.6 Å². The van der Waals surface area contributed by atoms with E-state index in [0.717, 1.165) is 12.0 Å². The molecule has 0 spiro atoms. The summed E-state index contributed by atoms with van der Waals surface area (Å²) in [6.07, 6.45) is 5.30. The van der Waals surface area contributed by atoms with Crippen LogP contribution in [0.1, 0.15) is 53.4 Å². The molecule has 0 aromatic carbocycles. The van der Waals surface area contributed by atoms with E-state index in [9.17, 15) is 0 Å². The van der Waals surface area contributed by atoms with E-state index in [1.54, 1.807) is 0 Å². The summed E-state index contributed by atoms with van der Waals surface area (Å²) < 4.78 is 0. The molecule has 0 N–H and O–H groups in total. The van der Waals surface area contributed by atoms with Crippen molar-refractivity contribution in [3.8, 4) is 0 Å². The quantitative estimate of drug-likeness (QED) is 0.586. The molecule has 0 bridgehead atoms. The van der Waals surface area contributed by atoms with Crippen LogP contribution in [0.5, 0.6) is 0 Å². The largest absolute Gasteiger partial charge is 0.303 e. The van der Waals surface area contributed by atoms with Crippen molar-refractivity contribution in [3.05, 3.63) is 0 Å². The Morgan fingerprint density at radius 2 is 1.69 bits per heavy atom. The first-order valence-electron chi connectivity index (χ1n) is 5.82. The second-order valence-corrected chi connectivity index (χ2v) is 4.51. The van der Waals surface area contributed by atoms with Crippen LogP contribution >= 0.6 is 0 Å². The van der Waals surface area contributed by atoms with Crippen LogP contribution in [0.2, 0.25) is 0 Å². The molecule has 0 heterocycles. The zero-order valence-electron chi connectivity index (χ0n) is 10.1. The first-order chi connectivity index (χ1) is 6.11. The van der Waals surface area contributed by atoms with Gasteiger partial charge in [0.15, 0.2) is 0 Å². The fourth-order valence-corrected chi connectivity index (χ4v) is 1.80. The Morgan fingerprint density at radius 1 is 1.08 bits per heavy atom. The molecule has 0 aromatic heterocycles. The summed E-state index contributed by atoms with van der Waals surface area (Å²) in [7, 11) is 2.26. The maximum Gasteiger partial charge on any atom is 0.00896 e. The van der Waals surface area contributed by atoms with Crippen molar-refractivity contribution in [3.63, 3.8) is 0 Å². The lowest BCUT2D eigenvalue weighted by atomic mass is 10.0. The molecule has 1 unspecified atom stereocenters. The third kappa shape index (κ3) is 6.09. The van der Waals surface area contributed by atoms with Gasteiger partial charge in [0.25, 0.3) is 0 Å². The van der Waals surface area contributed by atoms with E-state index in [4.69, 9.17) is 0 Å². The summed E-state index contributed by atoms with van der Waals surface area (Å²) in [5.74, 6) is 0.851. The highest BCUT2D eigenvalue weighted by Crippen LogP contribution is 2.13. The van der Waals surface area contributed by atoms with Gasteiger partial charge in [-0.05, 0) is 45.2 Å². The summed E-state index contributed by atoms with van der Waals surface area (Å²) in [6, 6.07) is 0.808. The lowest BCUT2D eigenvalue weighted by Crippen LogP contribution is -2.32. The molecule has 1 atom stereocenters. The molecule has 0 rings (SSSR count). The van der Waals surface area contributed by atoms with Gasteiger partial charge in [-0.3, -0.25) is 0 Å². The zero-order valence-corrected chi connectivity index (χ0v) is 10.1. The van der Waals surface area contributed by atoms with Crippen molar-refractivity contribution in [1.29, 1.82) is 0 Å². The third-order valence-electron chi connectivity index (χ3n) is 2.75. The monoisotopic (exact) mass is 185 g/mol. The molecular weight excluding hydrogens is 158 g/mol. The Labute approximate surface area is 84.5 Å². The fourth-order valence-electron chi connectivity index (χ4n) is 1.80. The third-order valence-corrected chi connectivity index (χ3v) is 2.75. The topological polar surface area (TPSA) is 3.24 Å². The van der Waals surface area contributed by atoms with Gasteiger partial charge < -0.3 is 4.90 Å². The van der Waals surface area contributed by atoms with E-state index >= 15 is 0 Å². The average Bonchev–Trinajstić information content (AvgIpc) is 2.05. The number of hydrogen-bond donors (Lipinski definition) is 0. The maximum atomic E-state index is 2.52. The summed E-state index contributed by atoms with van der Waals surface area (Å²) in [5.41, 5.74) is 0. The van der Waals surface area contributed by atoms with E-state index < -0.39 is 0 Å². The Kier molecular flexibility index (Phi) is 7.35. The van der Waals surface area contributed by atoms with Gasteiger partial charge in [-0.1, -0.05) is 27.7 Å². The fraction of sp³-hybridized carbons (Fsp3) is 1.00. The highest BCUT2D eigenvalue weighted by molar-refractivity contribution is 4.67. The highest BCUT2D eigenvalue weighted by atomic mass is 15.1. The number of rotatable bonds is 7. The van der Waals surface area contributed by atoms with Crippen molar-refractivity contribution < 1.29 is 0 Å². The first kappa shape index (κ1) is 13.0. The number of nitrogens with zero attached hydrogens (tertiary/aromatic N) is 1. The van der Waals surface area contributed by atoms with Crippen molar-refractivity contribution in [2.75, 3.05) is 13.6 Å². The van der Waals surface area contributed by atoms with Crippen LogP contribution in [-0.2, 0) is 0 Å². The maximum absolute atomic E-state index is 2.52. The molecule has 0 saturated carbocycles. The molecule has 0 amide bonds. The number of hydrogen-bond acceptors (Lipinski definition) is 1. The van der Waals surface area contributed by atoms with Crippen molar-refractivity contribution in [2.45, 2.75) is 59.4 Å².